The third-order valence-corrected chi connectivity index (χ3v) is 4.62. The molecule has 1 saturated heterocycles. The lowest BCUT2D eigenvalue weighted by Gasteiger charge is -2.22. The van der Waals surface area contributed by atoms with Crippen molar-refractivity contribution in [3.05, 3.63) is 53.1 Å². The van der Waals surface area contributed by atoms with E-state index in [1.807, 2.05) is 32.9 Å². The van der Waals surface area contributed by atoms with Gasteiger partial charge in [0.25, 0.3) is 0 Å². The molecule has 0 spiro atoms. The van der Waals surface area contributed by atoms with Gasteiger partial charge in [0.1, 0.15) is 0 Å². The number of aryl methyl sites for hydroxylation is 3. The first kappa shape index (κ1) is 17.0. The summed E-state index contributed by atoms with van der Waals surface area (Å²) in [6.07, 6.45) is 0.214. The molecule has 25 heavy (non-hydrogen) atoms. The van der Waals surface area contributed by atoms with E-state index < -0.39 is 0 Å². The van der Waals surface area contributed by atoms with Crippen LogP contribution >= 0.6 is 0 Å². The number of amides is 2. The molecule has 0 radical (unpaired) electrons. The van der Waals surface area contributed by atoms with Crippen molar-refractivity contribution in [1.82, 2.24) is 0 Å². The predicted molar refractivity (Wildman–Crippen MR) is 101 cm³/mol. The van der Waals surface area contributed by atoms with Gasteiger partial charge in [-0.15, -0.1) is 0 Å². The second-order valence-electron chi connectivity index (χ2n) is 6.73. The Hall–Kier alpha value is -2.82. The number of para-hydroxylation sites is 2. The Labute approximate surface area is 147 Å². The van der Waals surface area contributed by atoms with Crippen LogP contribution in [-0.2, 0) is 9.59 Å². The summed E-state index contributed by atoms with van der Waals surface area (Å²) in [5.41, 5.74) is 11.2. The van der Waals surface area contributed by atoms with Crippen molar-refractivity contribution in [2.24, 2.45) is 5.92 Å². The van der Waals surface area contributed by atoms with Gasteiger partial charge in [-0.3, -0.25) is 9.59 Å². The molecule has 3 rings (SSSR count). The van der Waals surface area contributed by atoms with Gasteiger partial charge < -0.3 is 16.0 Å². The topological polar surface area (TPSA) is 75.4 Å². The number of hydrogen-bond acceptors (Lipinski definition) is 3. The number of anilines is 3. The first-order chi connectivity index (χ1) is 11.9. The third kappa shape index (κ3) is 3.36. The maximum absolute atomic E-state index is 12.6. The van der Waals surface area contributed by atoms with E-state index in [0.29, 0.717) is 17.9 Å². The van der Waals surface area contributed by atoms with E-state index in [4.69, 9.17) is 5.73 Å². The van der Waals surface area contributed by atoms with Crippen molar-refractivity contribution in [2.45, 2.75) is 27.2 Å². The standard InChI is InChI=1S/C20H23N3O2/c1-12-8-13(2)19(14(3)9-12)23-11-15(10-18(23)24)20(25)22-17-7-5-4-6-16(17)21/h4-9,15H,10-11,21H2,1-3H3,(H,22,25). The van der Waals surface area contributed by atoms with E-state index in [9.17, 15) is 9.59 Å². The lowest BCUT2D eigenvalue weighted by molar-refractivity contribution is -0.122. The van der Waals surface area contributed by atoms with Crippen LogP contribution < -0.4 is 16.0 Å². The average Bonchev–Trinajstić information content (AvgIpc) is 2.90. The predicted octanol–water partition coefficient (Wildman–Crippen LogP) is 3.19. The summed E-state index contributed by atoms with van der Waals surface area (Å²) in [6.45, 7) is 6.43. The molecule has 2 aromatic rings. The molecule has 130 valence electrons. The highest BCUT2D eigenvalue weighted by molar-refractivity contribution is 6.05. The molecule has 2 aromatic carbocycles. The maximum atomic E-state index is 12.6. The fraction of sp³-hybridized carbons (Fsp3) is 0.300. The van der Waals surface area contributed by atoms with E-state index in [-0.39, 0.29) is 24.2 Å². The molecule has 5 heteroatoms. The Morgan fingerprint density at radius 3 is 2.44 bits per heavy atom. The Morgan fingerprint density at radius 1 is 1.16 bits per heavy atom. The summed E-state index contributed by atoms with van der Waals surface area (Å²) < 4.78 is 0. The highest BCUT2D eigenvalue weighted by atomic mass is 16.2. The number of nitrogens with zero attached hydrogens (tertiary/aromatic N) is 1. The van der Waals surface area contributed by atoms with Gasteiger partial charge in [-0.1, -0.05) is 29.8 Å². The maximum Gasteiger partial charge on any atom is 0.229 e. The van der Waals surface area contributed by atoms with Gasteiger partial charge in [0.05, 0.1) is 17.3 Å². The van der Waals surface area contributed by atoms with Crippen LogP contribution in [0.3, 0.4) is 0 Å². The van der Waals surface area contributed by atoms with Crippen molar-refractivity contribution < 1.29 is 9.59 Å². The quantitative estimate of drug-likeness (QED) is 0.845. The molecule has 0 aliphatic carbocycles. The smallest absolute Gasteiger partial charge is 0.229 e. The first-order valence-electron chi connectivity index (χ1n) is 8.40. The number of nitrogens with one attached hydrogen (secondary N) is 1. The van der Waals surface area contributed by atoms with Gasteiger partial charge in [0, 0.05) is 18.7 Å². The highest BCUT2D eigenvalue weighted by Gasteiger charge is 2.36. The van der Waals surface area contributed by atoms with E-state index in [0.717, 1.165) is 16.8 Å². The number of carbonyl (C=O) groups excluding carboxylic acids is 2. The monoisotopic (exact) mass is 337 g/mol. The Balaban J connectivity index is 1.79. The van der Waals surface area contributed by atoms with Gasteiger partial charge in [0.15, 0.2) is 0 Å². The van der Waals surface area contributed by atoms with E-state index in [2.05, 4.69) is 17.4 Å². The van der Waals surface area contributed by atoms with Crippen LogP contribution in [0.5, 0.6) is 0 Å². The molecule has 5 nitrogen and oxygen atoms in total. The summed E-state index contributed by atoms with van der Waals surface area (Å²) >= 11 is 0. The minimum absolute atomic E-state index is 0.0174. The van der Waals surface area contributed by atoms with Crippen LogP contribution in [0.1, 0.15) is 23.1 Å². The molecule has 1 aliphatic rings. The van der Waals surface area contributed by atoms with Crippen LogP contribution in [0, 0.1) is 26.7 Å². The molecule has 1 atom stereocenters. The fourth-order valence-corrected chi connectivity index (χ4v) is 3.54. The molecule has 1 unspecified atom stereocenters. The fourth-order valence-electron chi connectivity index (χ4n) is 3.54. The van der Waals surface area contributed by atoms with Crippen molar-refractivity contribution in [1.29, 1.82) is 0 Å². The molecular weight excluding hydrogens is 314 g/mol. The molecule has 0 saturated carbocycles. The van der Waals surface area contributed by atoms with Crippen LogP contribution in [0.25, 0.3) is 0 Å². The van der Waals surface area contributed by atoms with Crippen molar-refractivity contribution in [2.75, 3.05) is 22.5 Å². The number of nitrogen functional groups attached to an aromatic ring is 1. The summed E-state index contributed by atoms with van der Waals surface area (Å²) in [5, 5.41) is 2.84. The molecule has 0 bridgehead atoms. The number of rotatable bonds is 3. The number of hydrogen-bond donors (Lipinski definition) is 2. The molecule has 1 aliphatic heterocycles. The minimum Gasteiger partial charge on any atom is -0.397 e. The zero-order chi connectivity index (χ0) is 18.1. The van der Waals surface area contributed by atoms with Crippen LogP contribution in [0.15, 0.2) is 36.4 Å². The van der Waals surface area contributed by atoms with Gasteiger partial charge in [-0.25, -0.2) is 0 Å². The van der Waals surface area contributed by atoms with Gasteiger partial charge in [-0.05, 0) is 44.0 Å². The van der Waals surface area contributed by atoms with Crippen LogP contribution in [0.2, 0.25) is 0 Å². The summed E-state index contributed by atoms with van der Waals surface area (Å²) in [7, 11) is 0. The van der Waals surface area contributed by atoms with Crippen LogP contribution in [0.4, 0.5) is 17.1 Å². The Kier molecular flexibility index (Phi) is 4.49. The zero-order valence-corrected chi connectivity index (χ0v) is 14.8. The van der Waals surface area contributed by atoms with Gasteiger partial charge >= 0.3 is 0 Å². The molecule has 1 fully saturated rings. The third-order valence-electron chi connectivity index (χ3n) is 4.62. The molecule has 3 N–H and O–H groups in total. The average molecular weight is 337 g/mol. The zero-order valence-electron chi connectivity index (χ0n) is 14.8. The summed E-state index contributed by atoms with van der Waals surface area (Å²) in [6, 6.07) is 11.3. The molecular formula is C20H23N3O2. The van der Waals surface area contributed by atoms with E-state index >= 15 is 0 Å². The molecule has 1 heterocycles. The molecule has 0 aromatic heterocycles. The second kappa shape index (κ2) is 6.59. The van der Waals surface area contributed by atoms with Gasteiger partial charge in [0.2, 0.25) is 11.8 Å². The largest absolute Gasteiger partial charge is 0.397 e. The minimum atomic E-state index is -0.382. The van der Waals surface area contributed by atoms with Crippen molar-refractivity contribution >= 4 is 28.9 Å². The SMILES string of the molecule is Cc1cc(C)c(N2CC(C(=O)Nc3ccccc3N)CC2=O)c(C)c1. The van der Waals surface area contributed by atoms with E-state index in [1.165, 1.54) is 5.56 Å². The van der Waals surface area contributed by atoms with Crippen molar-refractivity contribution in [3.8, 4) is 0 Å². The number of nitrogens with two attached hydrogens (primary N) is 1. The van der Waals surface area contributed by atoms with E-state index in [1.54, 1.807) is 17.0 Å². The summed E-state index contributed by atoms with van der Waals surface area (Å²) in [4.78, 5) is 26.8. The Bertz CT molecular complexity index is 822. The lowest BCUT2D eigenvalue weighted by Crippen LogP contribution is -2.29. The Morgan fingerprint density at radius 2 is 1.80 bits per heavy atom. The normalized spacial score (nSPS) is 17.0. The summed E-state index contributed by atoms with van der Waals surface area (Å²) in [5.74, 6) is -0.570. The highest BCUT2D eigenvalue weighted by Crippen LogP contribution is 2.32. The van der Waals surface area contributed by atoms with Crippen molar-refractivity contribution in [3.63, 3.8) is 0 Å². The first-order valence-corrected chi connectivity index (χ1v) is 8.40. The van der Waals surface area contributed by atoms with Gasteiger partial charge in [-0.2, -0.15) is 0 Å². The second-order valence-corrected chi connectivity index (χ2v) is 6.73. The molecule has 2 amide bonds. The number of benzene rings is 2. The number of carbonyl (C=O) groups is 2. The lowest BCUT2D eigenvalue weighted by atomic mass is 10.0. The van der Waals surface area contributed by atoms with Crippen LogP contribution in [-0.4, -0.2) is 18.4 Å².